The predicted molar refractivity (Wildman–Crippen MR) is 69.0 cm³/mol. The number of nitrogens with two attached hydrogens (primary N) is 1. The lowest BCUT2D eigenvalue weighted by Crippen LogP contribution is -2.48. The van der Waals surface area contributed by atoms with Gasteiger partial charge in [-0.1, -0.05) is 0 Å². The molecule has 3 N–H and O–H groups in total. The van der Waals surface area contributed by atoms with Gasteiger partial charge in [-0.15, -0.1) is 0 Å². The van der Waals surface area contributed by atoms with Gasteiger partial charge in [-0.2, -0.15) is 0 Å². The second-order valence-corrected chi connectivity index (χ2v) is 4.31. The molecule has 1 aliphatic rings. The Morgan fingerprint density at radius 2 is 2.00 bits per heavy atom. The molecule has 0 bridgehead atoms. The molecule has 1 aromatic rings. The summed E-state index contributed by atoms with van der Waals surface area (Å²) in [7, 11) is 0. The van der Waals surface area contributed by atoms with Crippen LogP contribution in [0.3, 0.4) is 0 Å². The average Bonchev–Trinajstić information content (AvgIpc) is 2.39. The molecule has 0 radical (unpaired) electrons. The van der Waals surface area contributed by atoms with Crippen LogP contribution in [0.5, 0.6) is 0 Å². The van der Waals surface area contributed by atoms with E-state index in [0.717, 1.165) is 37.6 Å². The summed E-state index contributed by atoms with van der Waals surface area (Å²) in [5.41, 5.74) is 3.49. The molecule has 0 aromatic carbocycles. The minimum absolute atomic E-state index is 0.123. The summed E-state index contributed by atoms with van der Waals surface area (Å²) in [6, 6.07) is 0. The molecule has 98 valence electrons. The number of nitrogen functional groups attached to an aromatic ring is 1. The van der Waals surface area contributed by atoms with Crippen molar-refractivity contribution >= 4 is 17.5 Å². The normalized spacial score (nSPS) is 15.7. The van der Waals surface area contributed by atoms with Crippen molar-refractivity contribution in [3.63, 3.8) is 0 Å². The van der Waals surface area contributed by atoms with Gasteiger partial charge in [0.2, 0.25) is 5.91 Å². The van der Waals surface area contributed by atoms with Crippen LogP contribution in [0, 0.1) is 6.92 Å². The Morgan fingerprint density at radius 1 is 1.33 bits per heavy atom. The van der Waals surface area contributed by atoms with Crippen molar-refractivity contribution in [2.24, 2.45) is 5.84 Å². The molecule has 0 atom stereocenters. The third-order valence-electron chi connectivity index (χ3n) is 3.22. The average molecular weight is 250 g/mol. The number of carbonyl (C=O) groups is 1. The number of nitrogens with zero attached hydrogens (tertiary/aromatic N) is 4. The summed E-state index contributed by atoms with van der Waals surface area (Å²) in [5.74, 6) is 7.03. The van der Waals surface area contributed by atoms with Crippen molar-refractivity contribution < 1.29 is 4.79 Å². The number of piperazine rings is 1. The predicted octanol–water partition coefficient (Wildman–Crippen LogP) is -0.261. The van der Waals surface area contributed by atoms with Crippen LogP contribution in [0.15, 0.2) is 6.33 Å². The second-order valence-electron chi connectivity index (χ2n) is 4.31. The number of hydrazine groups is 1. The highest BCUT2D eigenvalue weighted by molar-refractivity contribution is 5.73. The molecular formula is C11H18N6O. The maximum Gasteiger partial charge on any atom is 0.219 e. The van der Waals surface area contributed by atoms with Crippen LogP contribution in [0.1, 0.15) is 12.5 Å². The van der Waals surface area contributed by atoms with Gasteiger partial charge < -0.3 is 15.2 Å². The third kappa shape index (κ3) is 2.35. The Kier molecular flexibility index (Phi) is 3.61. The van der Waals surface area contributed by atoms with Gasteiger partial charge in [0.15, 0.2) is 0 Å². The highest BCUT2D eigenvalue weighted by Crippen LogP contribution is 2.22. The highest BCUT2D eigenvalue weighted by Gasteiger charge is 2.21. The lowest BCUT2D eigenvalue weighted by molar-refractivity contribution is -0.129. The Bertz CT molecular complexity index is 441. The summed E-state index contributed by atoms with van der Waals surface area (Å²) in [6.45, 7) is 6.54. The lowest BCUT2D eigenvalue weighted by Gasteiger charge is -2.35. The van der Waals surface area contributed by atoms with Crippen LogP contribution in [0.4, 0.5) is 11.6 Å². The number of hydrogen-bond donors (Lipinski definition) is 2. The largest absolute Gasteiger partial charge is 0.353 e. The lowest BCUT2D eigenvalue weighted by atomic mass is 10.2. The molecular weight excluding hydrogens is 232 g/mol. The number of anilines is 2. The minimum atomic E-state index is 0.123. The van der Waals surface area contributed by atoms with Crippen LogP contribution < -0.4 is 16.2 Å². The van der Waals surface area contributed by atoms with E-state index in [0.29, 0.717) is 5.82 Å². The highest BCUT2D eigenvalue weighted by atomic mass is 16.2. The summed E-state index contributed by atoms with van der Waals surface area (Å²) in [5, 5.41) is 0. The van der Waals surface area contributed by atoms with Crippen molar-refractivity contribution in [2.45, 2.75) is 13.8 Å². The van der Waals surface area contributed by atoms with E-state index in [9.17, 15) is 4.79 Å². The molecule has 7 nitrogen and oxygen atoms in total. The van der Waals surface area contributed by atoms with E-state index < -0.39 is 0 Å². The van der Waals surface area contributed by atoms with Gasteiger partial charge in [-0.3, -0.25) is 4.79 Å². The van der Waals surface area contributed by atoms with E-state index in [1.54, 1.807) is 6.92 Å². The van der Waals surface area contributed by atoms with Gasteiger partial charge in [-0.25, -0.2) is 15.8 Å². The van der Waals surface area contributed by atoms with Crippen molar-refractivity contribution in [1.29, 1.82) is 0 Å². The SMILES string of the molecule is CC(=O)N1CCN(c2ncnc(NN)c2C)CC1. The summed E-state index contributed by atoms with van der Waals surface area (Å²) < 4.78 is 0. The first-order chi connectivity index (χ1) is 8.63. The fourth-order valence-electron chi connectivity index (χ4n) is 2.14. The van der Waals surface area contributed by atoms with Gasteiger partial charge in [-0.05, 0) is 6.92 Å². The van der Waals surface area contributed by atoms with E-state index in [-0.39, 0.29) is 5.91 Å². The zero-order chi connectivity index (χ0) is 13.1. The number of aromatic nitrogens is 2. The Balaban J connectivity index is 2.12. The van der Waals surface area contributed by atoms with E-state index in [2.05, 4.69) is 20.3 Å². The van der Waals surface area contributed by atoms with E-state index >= 15 is 0 Å². The summed E-state index contributed by atoms with van der Waals surface area (Å²) in [4.78, 5) is 23.6. The van der Waals surface area contributed by atoms with E-state index in [1.807, 2.05) is 11.8 Å². The minimum Gasteiger partial charge on any atom is -0.353 e. The topological polar surface area (TPSA) is 87.4 Å². The second kappa shape index (κ2) is 5.18. The quantitative estimate of drug-likeness (QED) is 0.555. The molecule has 0 saturated carbocycles. The smallest absolute Gasteiger partial charge is 0.219 e. The molecule has 1 fully saturated rings. The van der Waals surface area contributed by atoms with Crippen molar-refractivity contribution in [3.8, 4) is 0 Å². The monoisotopic (exact) mass is 250 g/mol. The fourth-order valence-corrected chi connectivity index (χ4v) is 2.14. The zero-order valence-electron chi connectivity index (χ0n) is 10.7. The molecule has 7 heteroatoms. The molecule has 2 rings (SSSR count). The van der Waals surface area contributed by atoms with E-state index in [1.165, 1.54) is 6.33 Å². The number of carbonyl (C=O) groups excluding carboxylic acids is 1. The standard InChI is InChI=1S/C11H18N6O/c1-8-10(15-12)13-7-14-11(8)17-5-3-16(4-6-17)9(2)18/h7H,3-6,12H2,1-2H3,(H,13,14,15). The fraction of sp³-hybridized carbons (Fsp3) is 0.545. The molecule has 0 spiro atoms. The van der Waals surface area contributed by atoms with Gasteiger partial charge >= 0.3 is 0 Å². The maximum atomic E-state index is 11.3. The first-order valence-corrected chi connectivity index (χ1v) is 5.92. The molecule has 0 unspecified atom stereocenters. The van der Waals surface area contributed by atoms with Crippen molar-refractivity contribution in [1.82, 2.24) is 14.9 Å². The van der Waals surface area contributed by atoms with Crippen LogP contribution in [0.2, 0.25) is 0 Å². The number of hydrogen-bond acceptors (Lipinski definition) is 6. The Labute approximate surface area is 106 Å². The first-order valence-electron chi connectivity index (χ1n) is 5.92. The maximum absolute atomic E-state index is 11.3. The molecule has 1 aliphatic heterocycles. The Morgan fingerprint density at radius 3 is 2.56 bits per heavy atom. The number of amides is 1. The number of rotatable bonds is 2. The third-order valence-corrected chi connectivity index (χ3v) is 3.22. The molecule has 0 aliphatic carbocycles. The zero-order valence-corrected chi connectivity index (χ0v) is 10.7. The van der Waals surface area contributed by atoms with Gasteiger partial charge in [0.25, 0.3) is 0 Å². The molecule has 1 aromatic heterocycles. The van der Waals surface area contributed by atoms with Crippen LogP contribution >= 0.6 is 0 Å². The van der Waals surface area contributed by atoms with E-state index in [4.69, 9.17) is 5.84 Å². The number of nitrogens with one attached hydrogen (secondary N) is 1. The summed E-state index contributed by atoms with van der Waals surface area (Å²) >= 11 is 0. The molecule has 2 heterocycles. The van der Waals surface area contributed by atoms with Gasteiger partial charge in [0.1, 0.15) is 18.0 Å². The molecule has 18 heavy (non-hydrogen) atoms. The van der Waals surface area contributed by atoms with Gasteiger partial charge in [0.05, 0.1) is 0 Å². The molecule has 1 amide bonds. The van der Waals surface area contributed by atoms with Gasteiger partial charge in [0, 0.05) is 38.7 Å². The van der Waals surface area contributed by atoms with Crippen molar-refractivity contribution in [2.75, 3.05) is 36.5 Å². The van der Waals surface area contributed by atoms with Crippen LogP contribution in [-0.2, 0) is 4.79 Å². The summed E-state index contributed by atoms with van der Waals surface area (Å²) in [6.07, 6.45) is 1.49. The van der Waals surface area contributed by atoms with Crippen LogP contribution in [-0.4, -0.2) is 47.0 Å². The first kappa shape index (κ1) is 12.6. The molecule has 1 saturated heterocycles. The Hall–Kier alpha value is -1.89. The van der Waals surface area contributed by atoms with Crippen LogP contribution in [0.25, 0.3) is 0 Å². The van der Waals surface area contributed by atoms with Crippen molar-refractivity contribution in [3.05, 3.63) is 11.9 Å².